The van der Waals surface area contributed by atoms with Crippen LogP contribution in [-0.2, 0) is 5.41 Å². The Hall–Kier alpha value is -7.20. The predicted octanol–water partition coefficient (Wildman–Crippen LogP) is 15.5. The Balaban J connectivity index is 1.03. The second-order valence-corrected chi connectivity index (χ2v) is 16.2. The van der Waals surface area contributed by atoms with Crippen molar-refractivity contribution in [3.8, 4) is 22.3 Å². The molecule has 11 aromatic rings. The summed E-state index contributed by atoms with van der Waals surface area (Å²) in [5.74, 6) is 0. The molecule has 3 heteroatoms. The van der Waals surface area contributed by atoms with E-state index in [1.807, 2.05) is 11.3 Å². The molecule has 1 aliphatic carbocycles. The van der Waals surface area contributed by atoms with Crippen molar-refractivity contribution in [2.45, 2.75) is 5.41 Å². The lowest BCUT2D eigenvalue weighted by molar-refractivity contribution is 0.666. The molecule has 58 heavy (non-hydrogen) atoms. The highest BCUT2D eigenvalue weighted by molar-refractivity contribution is 7.26. The van der Waals surface area contributed by atoms with E-state index in [-0.39, 0.29) is 0 Å². The summed E-state index contributed by atoms with van der Waals surface area (Å²) in [5, 5.41) is 4.85. The zero-order valence-corrected chi connectivity index (χ0v) is 32.3. The molecule has 2 aromatic heterocycles. The number of thiophene rings is 1. The lowest BCUT2D eigenvalue weighted by atomic mass is 9.67. The highest BCUT2D eigenvalue weighted by atomic mass is 32.1. The van der Waals surface area contributed by atoms with Gasteiger partial charge in [0.05, 0.1) is 15.8 Å². The van der Waals surface area contributed by atoms with Crippen LogP contribution in [0.4, 0.5) is 17.1 Å². The predicted molar refractivity (Wildman–Crippen MR) is 244 cm³/mol. The van der Waals surface area contributed by atoms with Gasteiger partial charge in [-0.2, -0.15) is 0 Å². The molecule has 0 unspecified atom stereocenters. The number of rotatable bonds is 6. The Morgan fingerprint density at radius 3 is 1.81 bits per heavy atom. The van der Waals surface area contributed by atoms with Crippen LogP contribution in [0.3, 0.4) is 0 Å². The van der Waals surface area contributed by atoms with E-state index in [1.54, 1.807) is 0 Å². The molecule has 0 saturated heterocycles. The fourth-order valence-electron chi connectivity index (χ4n) is 9.70. The number of benzene rings is 9. The summed E-state index contributed by atoms with van der Waals surface area (Å²) in [7, 11) is 0. The van der Waals surface area contributed by atoms with Crippen LogP contribution in [0.2, 0.25) is 0 Å². The van der Waals surface area contributed by atoms with Gasteiger partial charge in [-0.15, -0.1) is 11.3 Å². The van der Waals surface area contributed by atoms with Gasteiger partial charge in [-0.25, -0.2) is 0 Å². The normalized spacial score (nSPS) is 13.0. The Bertz CT molecular complexity index is 3290. The maximum absolute atomic E-state index is 6.84. The number of furan rings is 1. The average molecular weight is 758 g/mol. The van der Waals surface area contributed by atoms with Crippen molar-refractivity contribution in [3.05, 3.63) is 235 Å². The monoisotopic (exact) mass is 757 g/mol. The van der Waals surface area contributed by atoms with Gasteiger partial charge in [-0.05, 0) is 99.1 Å². The second kappa shape index (κ2) is 12.9. The largest absolute Gasteiger partial charge is 0.456 e. The van der Waals surface area contributed by atoms with Crippen LogP contribution in [0.5, 0.6) is 0 Å². The molecule has 9 aromatic carbocycles. The summed E-state index contributed by atoms with van der Waals surface area (Å²) in [6, 6.07) is 77.2. The molecule has 272 valence electrons. The lowest BCUT2D eigenvalue weighted by Gasteiger charge is -2.33. The molecule has 0 aliphatic heterocycles. The van der Waals surface area contributed by atoms with E-state index in [2.05, 4.69) is 217 Å². The van der Waals surface area contributed by atoms with E-state index in [1.165, 1.54) is 59.2 Å². The van der Waals surface area contributed by atoms with Gasteiger partial charge in [0, 0.05) is 37.6 Å². The lowest BCUT2D eigenvalue weighted by Crippen LogP contribution is -2.28. The van der Waals surface area contributed by atoms with Gasteiger partial charge in [0.15, 0.2) is 0 Å². The van der Waals surface area contributed by atoms with Crippen LogP contribution in [0.25, 0.3) is 64.4 Å². The van der Waals surface area contributed by atoms with Crippen molar-refractivity contribution in [1.29, 1.82) is 0 Å². The van der Waals surface area contributed by atoms with E-state index in [4.69, 9.17) is 4.42 Å². The summed E-state index contributed by atoms with van der Waals surface area (Å²) in [6.07, 6.45) is 0. The second-order valence-electron chi connectivity index (χ2n) is 15.2. The van der Waals surface area contributed by atoms with Crippen LogP contribution in [0.1, 0.15) is 22.3 Å². The highest BCUT2D eigenvalue weighted by Crippen LogP contribution is 2.57. The fraction of sp³-hybridized carbons (Fsp3) is 0.0182. The van der Waals surface area contributed by atoms with E-state index >= 15 is 0 Å². The Labute approximate surface area is 340 Å². The van der Waals surface area contributed by atoms with E-state index in [0.717, 1.165) is 44.4 Å². The maximum Gasteiger partial charge on any atom is 0.136 e. The molecule has 0 N–H and O–H groups in total. The molecule has 12 rings (SSSR count). The third-order valence-electron chi connectivity index (χ3n) is 12.1. The summed E-state index contributed by atoms with van der Waals surface area (Å²) >= 11 is 1.86. The van der Waals surface area contributed by atoms with Crippen LogP contribution in [0.15, 0.2) is 217 Å². The van der Waals surface area contributed by atoms with Crippen molar-refractivity contribution in [3.63, 3.8) is 0 Å². The van der Waals surface area contributed by atoms with E-state index < -0.39 is 5.41 Å². The van der Waals surface area contributed by atoms with E-state index in [0.29, 0.717) is 0 Å². The minimum atomic E-state index is -0.481. The van der Waals surface area contributed by atoms with Crippen molar-refractivity contribution in [2.24, 2.45) is 0 Å². The van der Waals surface area contributed by atoms with Gasteiger partial charge in [0.1, 0.15) is 11.2 Å². The molecule has 0 radical (unpaired) electrons. The van der Waals surface area contributed by atoms with Gasteiger partial charge >= 0.3 is 0 Å². The molecule has 1 aliphatic rings. The SMILES string of the molecule is c1ccc(N(c2ccc(-c3cccc4oc5cc6c(cc5c34)-c3ccccc3C6(c3ccccc3)c3ccccc3)cc2)c2cccc3c2sc2ccccc23)cc1. The van der Waals surface area contributed by atoms with E-state index in [9.17, 15) is 0 Å². The van der Waals surface area contributed by atoms with Gasteiger partial charge < -0.3 is 9.32 Å². The zero-order chi connectivity index (χ0) is 38.2. The van der Waals surface area contributed by atoms with Crippen LogP contribution < -0.4 is 4.90 Å². The Morgan fingerprint density at radius 2 is 1.03 bits per heavy atom. The third-order valence-corrected chi connectivity index (χ3v) is 13.4. The number of nitrogens with zero attached hydrogens (tertiary/aromatic N) is 1. The first kappa shape index (κ1) is 33.0. The number of hydrogen-bond acceptors (Lipinski definition) is 3. The van der Waals surface area contributed by atoms with Gasteiger partial charge in [-0.3, -0.25) is 0 Å². The molecule has 2 nitrogen and oxygen atoms in total. The van der Waals surface area contributed by atoms with Gasteiger partial charge in [0.25, 0.3) is 0 Å². The average Bonchev–Trinajstić information content (AvgIpc) is 3.95. The molecule has 0 spiro atoms. The number of anilines is 3. The molecule has 2 heterocycles. The number of para-hydroxylation sites is 1. The van der Waals surface area contributed by atoms with Gasteiger partial charge in [0.2, 0.25) is 0 Å². The first-order chi connectivity index (χ1) is 28.8. The summed E-state index contributed by atoms with van der Waals surface area (Å²) in [6.45, 7) is 0. The highest BCUT2D eigenvalue weighted by Gasteiger charge is 2.46. The van der Waals surface area contributed by atoms with Crippen molar-refractivity contribution in [2.75, 3.05) is 4.90 Å². The molecular formula is C55H35NOS. The minimum absolute atomic E-state index is 0.481. The quantitative estimate of drug-likeness (QED) is 0.168. The zero-order valence-electron chi connectivity index (χ0n) is 31.5. The van der Waals surface area contributed by atoms with Gasteiger partial charge in [-0.1, -0.05) is 158 Å². The van der Waals surface area contributed by atoms with Crippen LogP contribution in [0, 0.1) is 0 Å². The Kier molecular flexibility index (Phi) is 7.35. The first-order valence-electron chi connectivity index (χ1n) is 19.8. The summed E-state index contributed by atoms with van der Waals surface area (Å²) in [4.78, 5) is 2.39. The van der Waals surface area contributed by atoms with Crippen molar-refractivity contribution in [1.82, 2.24) is 0 Å². The topological polar surface area (TPSA) is 16.4 Å². The number of fused-ring (bicyclic) bond motifs is 9. The molecule has 0 atom stereocenters. The first-order valence-corrected chi connectivity index (χ1v) is 20.7. The summed E-state index contributed by atoms with van der Waals surface area (Å²) < 4.78 is 9.42. The van der Waals surface area contributed by atoms with Crippen LogP contribution >= 0.6 is 11.3 Å². The molecule has 0 saturated carbocycles. The third kappa shape index (κ3) is 4.78. The van der Waals surface area contributed by atoms with Crippen molar-refractivity contribution < 1.29 is 4.42 Å². The van der Waals surface area contributed by atoms with Crippen molar-refractivity contribution >= 4 is 70.5 Å². The fourth-order valence-corrected chi connectivity index (χ4v) is 10.9. The molecule has 0 amide bonds. The molecule has 0 bridgehead atoms. The number of hydrogen-bond donors (Lipinski definition) is 0. The van der Waals surface area contributed by atoms with Crippen LogP contribution in [-0.4, -0.2) is 0 Å². The standard InChI is InChI=1S/C55H35NOS/c1-4-16-37(17-5-1)55(38-18-6-2-7-19-38)47-26-12-10-22-42(47)45-34-46-51(35-48(45)55)57-50-28-15-24-41(53(46)50)36-30-32-40(33-31-36)56(39-20-8-3-9-21-39)49-27-14-25-44-43-23-11-13-29-52(43)58-54(44)49/h1-35H. The summed E-state index contributed by atoms with van der Waals surface area (Å²) in [5.41, 5.74) is 14.6. The molecular weight excluding hydrogens is 723 g/mol. The molecule has 0 fully saturated rings. The minimum Gasteiger partial charge on any atom is -0.456 e. The smallest absolute Gasteiger partial charge is 0.136 e. The maximum atomic E-state index is 6.84. The Morgan fingerprint density at radius 1 is 0.414 bits per heavy atom.